The number of aliphatic imine (C=N–C) groups is 1. The zero-order valence-corrected chi connectivity index (χ0v) is 19.4. The van der Waals surface area contributed by atoms with Crippen LogP contribution in [0.1, 0.15) is 46.0 Å². The van der Waals surface area contributed by atoms with Crippen molar-refractivity contribution in [2.24, 2.45) is 4.99 Å². The van der Waals surface area contributed by atoms with Crippen LogP contribution in [0.3, 0.4) is 0 Å². The molecule has 0 saturated heterocycles. The second-order valence-corrected chi connectivity index (χ2v) is 6.48. The molecule has 1 aliphatic carbocycles. The molecule has 0 unspecified atom stereocenters. The van der Waals surface area contributed by atoms with Crippen molar-refractivity contribution in [3.63, 3.8) is 0 Å². The van der Waals surface area contributed by atoms with Gasteiger partial charge >= 0.3 is 0 Å². The minimum absolute atomic E-state index is 0. The van der Waals surface area contributed by atoms with Gasteiger partial charge in [-0.2, -0.15) is 0 Å². The Labute approximate surface area is 185 Å². The van der Waals surface area contributed by atoms with Crippen molar-refractivity contribution in [1.82, 2.24) is 10.6 Å². The molecule has 0 spiro atoms. The number of carbonyl (C=O) groups is 1. The topological polar surface area (TPSA) is 84.0 Å². The number of nitrogens with one attached hydrogen (secondary N) is 3. The van der Waals surface area contributed by atoms with Crippen LogP contribution < -0.4 is 25.4 Å². The predicted octanol–water partition coefficient (Wildman–Crippen LogP) is 3.54. The van der Waals surface area contributed by atoms with E-state index < -0.39 is 0 Å². The molecule has 1 saturated carbocycles. The van der Waals surface area contributed by atoms with Crippen LogP contribution in [0.4, 0.5) is 5.69 Å². The van der Waals surface area contributed by atoms with Crippen LogP contribution in [0.15, 0.2) is 23.2 Å². The Kier molecular flexibility index (Phi) is 11.7. The van der Waals surface area contributed by atoms with E-state index in [1.165, 1.54) is 12.8 Å². The Bertz CT molecular complexity index is 634. The average molecular weight is 504 g/mol. The first-order chi connectivity index (χ1) is 13.2. The zero-order chi connectivity index (χ0) is 19.5. The number of guanidine groups is 1. The molecule has 0 aliphatic heterocycles. The lowest BCUT2D eigenvalue weighted by atomic mass is 10.2. The smallest absolute Gasteiger partial charge is 0.222 e. The molecule has 0 heterocycles. The number of methoxy groups -OCH3 is 1. The van der Waals surface area contributed by atoms with E-state index in [9.17, 15) is 4.79 Å². The van der Waals surface area contributed by atoms with Crippen molar-refractivity contribution in [1.29, 1.82) is 0 Å². The van der Waals surface area contributed by atoms with Gasteiger partial charge in [0, 0.05) is 30.8 Å². The standard InChI is InChI=1S/C20H32N4O3.HI/c1-4-21-20(22-13-12-19(25)23-15-8-6-7-9-15)24-16-10-11-17(27-5-2)18(14-16)26-3;/h10-11,14-15H,4-9,12-13H2,1-3H3,(H,23,25)(H2,21,22,24);1H. The van der Waals surface area contributed by atoms with Crippen molar-refractivity contribution in [2.45, 2.75) is 52.0 Å². The second-order valence-electron chi connectivity index (χ2n) is 6.48. The van der Waals surface area contributed by atoms with E-state index in [1.807, 2.05) is 32.0 Å². The molecule has 0 bridgehead atoms. The third kappa shape index (κ3) is 8.12. The fraction of sp³-hybridized carbons (Fsp3) is 0.600. The lowest BCUT2D eigenvalue weighted by Gasteiger charge is -2.14. The van der Waals surface area contributed by atoms with E-state index in [1.54, 1.807) is 7.11 Å². The molecule has 1 aromatic rings. The molecular weight excluding hydrogens is 471 g/mol. The average Bonchev–Trinajstić information content (AvgIpc) is 3.16. The van der Waals surface area contributed by atoms with Crippen LogP contribution >= 0.6 is 24.0 Å². The summed E-state index contributed by atoms with van der Waals surface area (Å²) in [5, 5.41) is 9.52. The fourth-order valence-corrected chi connectivity index (χ4v) is 3.10. The minimum Gasteiger partial charge on any atom is -0.493 e. The summed E-state index contributed by atoms with van der Waals surface area (Å²) in [6.07, 6.45) is 5.00. The summed E-state index contributed by atoms with van der Waals surface area (Å²) in [7, 11) is 1.61. The van der Waals surface area contributed by atoms with Crippen LogP contribution in [0, 0.1) is 0 Å². The van der Waals surface area contributed by atoms with Gasteiger partial charge in [-0.1, -0.05) is 12.8 Å². The molecule has 0 aromatic heterocycles. The number of hydrogen-bond donors (Lipinski definition) is 3. The maximum Gasteiger partial charge on any atom is 0.222 e. The van der Waals surface area contributed by atoms with Crippen molar-refractivity contribution >= 4 is 41.5 Å². The molecule has 7 nitrogen and oxygen atoms in total. The molecule has 0 radical (unpaired) electrons. The highest BCUT2D eigenvalue weighted by Gasteiger charge is 2.16. The Balaban J connectivity index is 0.00000392. The number of hydrogen-bond acceptors (Lipinski definition) is 4. The number of anilines is 1. The first-order valence-corrected chi connectivity index (χ1v) is 9.81. The monoisotopic (exact) mass is 504 g/mol. The highest BCUT2D eigenvalue weighted by atomic mass is 127. The van der Waals surface area contributed by atoms with Gasteiger partial charge in [-0.05, 0) is 38.8 Å². The number of ether oxygens (including phenoxy) is 2. The number of nitrogens with zero attached hydrogens (tertiary/aromatic N) is 1. The predicted molar refractivity (Wildman–Crippen MR) is 124 cm³/mol. The molecule has 1 amide bonds. The maximum atomic E-state index is 12.0. The highest BCUT2D eigenvalue weighted by molar-refractivity contribution is 14.0. The second kappa shape index (κ2) is 13.5. The quantitative estimate of drug-likeness (QED) is 0.272. The van der Waals surface area contributed by atoms with Gasteiger partial charge in [0.15, 0.2) is 17.5 Å². The van der Waals surface area contributed by atoms with Crippen molar-refractivity contribution < 1.29 is 14.3 Å². The number of benzene rings is 1. The first kappa shape index (κ1) is 24.3. The fourth-order valence-electron chi connectivity index (χ4n) is 3.10. The van der Waals surface area contributed by atoms with Crippen LogP contribution in [0.5, 0.6) is 11.5 Å². The summed E-state index contributed by atoms with van der Waals surface area (Å²) in [6.45, 7) is 5.68. The first-order valence-electron chi connectivity index (χ1n) is 9.81. The van der Waals surface area contributed by atoms with E-state index in [0.717, 1.165) is 25.1 Å². The molecule has 3 N–H and O–H groups in total. The minimum atomic E-state index is 0. The lowest BCUT2D eigenvalue weighted by Crippen LogP contribution is -2.34. The molecular formula is C20H33IN4O3. The molecule has 1 aromatic carbocycles. The molecule has 0 atom stereocenters. The lowest BCUT2D eigenvalue weighted by molar-refractivity contribution is -0.121. The van der Waals surface area contributed by atoms with E-state index in [0.29, 0.717) is 43.1 Å². The molecule has 1 fully saturated rings. The molecule has 8 heteroatoms. The summed E-state index contributed by atoms with van der Waals surface area (Å²) in [4.78, 5) is 16.5. The number of carbonyl (C=O) groups excluding carboxylic acids is 1. The van der Waals surface area contributed by atoms with Gasteiger partial charge in [0.05, 0.1) is 20.3 Å². The van der Waals surface area contributed by atoms with Gasteiger partial charge in [-0.3, -0.25) is 9.79 Å². The zero-order valence-electron chi connectivity index (χ0n) is 17.0. The Morgan fingerprint density at radius 3 is 2.61 bits per heavy atom. The number of amides is 1. The largest absolute Gasteiger partial charge is 0.493 e. The summed E-state index contributed by atoms with van der Waals surface area (Å²) in [5.74, 6) is 2.08. The molecule has 1 aliphatic rings. The third-order valence-electron chi connectivity index (χ3n) is 4.40. The Morgan fingerprint density at radius 2 is 1.96 bits per heavy atom. The van der Waals surface area contributed by atoms with E-state index >= 15 is 0 Å². The van der Waals surface area contributed by atoms with Crippen LogP contribution in [0.25, 0.3) is 0 Å². The van der Waals surface area contributed by atoms with E-state index in [2.05, 4.69) is 20.9 Å². The van der Waals surface area contributed by atoms with E-state index in [-0.39, 0.29) is 29.9 Å². The van der Waals surface area contributed by atoms with Gasteiger partial charge < -0.3 is 25.4 Å². The van der Waals surface area contributed by atoms with Crippen molar-refractivity contribution in [2.75, 3.05) is 32.1 Å². The highest BCUT2D eigenvalue weighted by Crippen LogP contribution is 2.30. The summed E-state index contributed by atoms with van der Waals surface area (Å²) < 4.78 is 10.9. The number of halogens is 1. The van der Waals surface area contributed by atoms with Gasteiger partial charge in [-0.15, -0.1) is 24.0 Å². The van der Waals surface area contributed by atoms with Crippen LogP contribution in [-0.4, -0.2) is 44.7 Å². The van der Waals surface area contributed by atoms with Crippen molar-refractivity contribution in [3.8, 4) is 11.5 Å². The number of rotatable bonds is 9. The van der Waals surface area contributed by atoms with Gasteiger partial charge in [0.1, 0.15) is 0 Å². The summed E-state index contributed by atoms with van der Waals surface area (Å²) >= 11 is 0. The van der Waals surface area contributed by atoms with E-state index in [4.69, 9.17) is 9.47 Å². The van der Waals surface area contributed by atoms with Crippen LogP contribution in [-0.2, 0) is 4.79 Å². The SMILES string of the molecule is CCNC(=NCCC(=O)NC1CCCC1)Nc1ccc(OCC)c(OC)c1.I. The molecule has 158 valence electrons. The molecule has 2 rings (SSSR count). The van der Waals surface area contributed by atoms with Gasteiger partial charge in [0.25, 0.3) is 0 Å². The maximum absolute atomic E-state index is 12.0. The normalized spacial score (nSPS) is 14.2. The van der Waals surface area contributed by atoms with Gasteiger partial charge in [-0.25, -0.2) is 0 Å². The Hall–Kier alpha value is -1.71. The van der Waals surface area contributed by atoms with Gasteiger partial charge in [0.2, 0.25) is 5.91 Å². The van der Waals surface area contributed by atoms with Crippen LogP contribution in [0.2, 0.25) is 0 Å². The Morgan fingerprint density at radius 1 is 1.21 bits per heavy atom. The molecule has 28 heavy (non-hydrogen) atoms. The summed E-state index contributed by atoms with van der Waals surface area (Å²) in [5.41, 5.74) is 0.838. The van der Waals surface area contributed by atoms with Crippen molar-refractivity contribution in [3.05, 3.63) is 18.2 Å². The summed E-state index contributed by atoms with van der Waals surface area (Å²) in [6, 6.07) is 5.99. The third-order valence-corrected chi connectivity index (χ3v) is 4.40.